The van der Waals surface area contributed by atoms with Crippen molar-refractivity contribution in [3.63, 3.8) is 0 Å². The van der Waals surface area contributed by atoms with Crippen LogP contribution in [0.15, 0.2) is 44.4 Å². The van der Waals surface area contributed by atoms with Crippen LogP contribution in [-0.2, 0) is 16.1 Å². The summed E-state index contributed by atoms with van der Waals surface area (Å²) in [5, 5.41) is 7.93. The van der Waals surface area contributed by atoms with E-state index in [-0.39, 0.29) is 43.1 Å². The number of hydrogen-bond acceptors (Lipinski definition) is 9. The van der Waals surface area contributed by atoms with Gasteiger partial charge < -0.3 is 14.2 Å². The van der Waals surface area contributed by atoms with Gasteiger partial charge in [0.1, 0.15) is 0 Å². The number of nitrogens with zero attached hydrogens (tertiary/aromatic N) is 6. The first-order valence-corrected chi connectivity index (χ1v) is 11.0. The average Bonchev–Trinajstić information content (AvgIpc) is 3.35. The van der Waals surface area contributed by atoms with Crippen molar-refractivity contribution in [1.29, 1.82) is 0 Å². The normalized spacial score (nSPS) is 15.8. The summed E-state index contributed by atoms with van der Waals surface area (Å²) in [5.74, 6) is -1.87. The molecule has 1 fully saturated rings. The van der Waals surface area contributed by atoms with Crippen LogP contribution in [0.25, 0.3) is 17.2 Å². The fraction of sp³-hybridized carbons (Fsp3) is 0.409. The first-order valence-electron chi connectivity index (χ1n) is 11.0. The van der Waals surface area contributed by atoms with E-state index in [0.717, 1.165) is 9.25 Å². The highest BCUT2D eigenvalue weighted by atomic mass is 16.5. The second-order valence-corrected chi connectivity index (χ2v) is 7.69. The Morgan fingerprint density at radius 3 is 2.65 bits per heavy atom. The van der Waals surface area contributed by atoms with E-state index in [1.165, 1.54) is 4.90 Å². The third-order valence-electron chi connectivity index (χ3n) is 5.53. The molecule has 1 aliphatic rings. The Balaban J connectivity index is 1.65. The van der Waals surface area contributed by atoms with Crippen LogP contribution in [-0.4, -0.2) is 61.0 Å². The number of hydrogen-bond donors (Lipinski definition) is 0. The van der Waals surface area contributed by atoms with Gasteiger partial charge >= 0.3 is 23.5 Å². The topological polar surface area (TPSA) is 142 Å². The van der Waals surface area contributed by atoms with Gasteiger partial charge in [0.05, 0.1) is 18.2 Å². The Morgan fingerprint density at radius 1 is 1.18 bits per heavy atom. The second kappa shape index (κ2) is 9.81. The predicted molar refractivity (Wildman–Crippen MR) is 118 cm³/mol. The quantitative estimate of drug-likeness (QED) is 0.482. The van der Waals surface area contributed by atoms with Crippen LogP contribution in [0.5, 0.6) is 0 Å². The SMILES string of the molecule is CCOC(=O)[C@@H]1CCCN(C(=O)c2nc(-c3nn(-c4ccccc4)c(=O)n(CC)c3=O)no2)C1. The zero-order valence-electron chi connectivity index (χ0n) is 18.8. The first kappa shape index (κ1) is 23.1. The number of rotatable bonds is 6. The number of carbonyl (C=O) groups is 2. The molecule has 12 nitrogen and oxygen atoms in total. The molecule has 1 aromatic carbocycles. The van der Waals surface area contributed by atoms with E-state index in [9.17, 15) is 19.2 Å². The average molecular weight is 468 g/mol. The molecule has 34 heavy (non-hydrogen) atoms. The highest BCUT2D eigenvalue weighted by molar-refractivity contribution is 5.90. The molecule has 0 unspecified atom stereocenters. The summed E-state index contributed by atoms with van der Waals surface area (Å²) in [4.78, 5) is 56.2. The Kier molecular flexibility index (Phi) is 6.66. The van der Waals surface area contributed by atoms with Crippen LogP contribution < -0.4 is 11.2 Å². The molecule has 0 N–H and O–H groups in total. The van der Waals surface area contributed by atoms with E-state index in [4.69, 9.17) is 9.26 Å². The lowest BCUT2D eigenvalue weighted by molar-refractivity contribution is -0.149. The fourth-order valence-corrected chi connectivity index (χ4v) is 3.83. The maximum absolute atomic E-state index is 12.9. The predicted octanol–water partition coefficient (Wildman–Crippen LogP) is 0.879. The summed E-state index contributed by atoms with van der Waals surface area (Å²) >= 11 is 0. The molecule has 1 saturated heterocycles. The largest absolute Gasteiger partial charge is 0.466 e. The molecule has 1 aliphatic heterocycles. The van der Waals surface area contributed by atoms with Crippen LogP contribution in [0.2, 0.25) is 0 Å². The molecule has 0 spiro atoms. The lowest BCUT2D eigenvalue weighted by Crippen LogP contribution is -2.43. The van der Waals surface area contributed by atoms with Gasteiger partial charge in [-0.05, 0) is 38.8 Å². The molecular formula is C22H24N6O6. The number of para-hydroxylation sites is 1. The van der Waals surface area contributed by atoms with E-state index < -0.39 is 23.1 Å². The third-order valence-corrected chi connectivity index (χ3v) is 5.53. The Morgan fingerprint density at radius 2 is 1.94 bits per heavy atom. The lowest BCUT2D eigenvalue weighted by Gasteiger charge is -2.30. The first-order chi connectivity index (χ1) is 16.4. The van der Waals surface area contributed by atoms with Gasteiger partial charge in [0.25, 0.3) is 5.56 Å². The van der Waals surface area contributed by atoms with Crippen molar-refractivity contribution in [3.8, 4) is 17.2 Å². The van der Waals surface area contributed by atoms with Crippen molar-refractivity contribution in [1.82, 2.24) is 29.4 Å². The molecule has 1 amide bonds. The summed E-state index contributed by atoms with van der Waals surface area (Å²) in [5.41, 5.74) is -1.08. The molecule has 12 heteroatoms. The molecule has 178 valence electrons. The molecule has 3 aromatic rings. The monoisotopic (exact) mass is 468 g/mol. The van der Waals surface area contributed by atoms with E-state index in [1.54, 1.807) is 44.2 Å². The molecule has 0 aliphatic carbocycles. The number of likely N-dealkylation sites (tertiary alicyclic amines) is 1. The number of benzene rings is 1. The Bertz CT molecular complexity index is 1310. The van der Waals surface area contributed by atoms with Gasteiger partial charge in [-0.3, -0.25) is 19.0 Å². The highest BCUT2D eigenvalue weighted by Crippen LogP contribution is 2.20. The van der Waals surface area contributed by atoms with Gasteiger partial charge in [-0.2, -0.15) is 14.8 Å². The van der Waals surface area contributed by atoms with Crippen LogP contribution in [0, 0.1) is 5.92 Å². The summed E-state index contributed by atoms with van der Waals surface area (Å²) < 4.78 is 12.3. The molecular weight excluding hydrogens is 444 g/mol. The molecule has 2 aromatic heterocycles. The lowest BCUT2D eigenvalue weighted by atomic mass is 9.98. The Hall–Kier alpha value is -4.09. The van der Waals surface area contributed by atoms with Crippen molar-refractivity contribution < 1.29 is 18.8 Å². The summed E-state index contributed by atoms with van der Waals surface area (Å²) in [6.45, 7) is 4.35. The minimum absolute atomic E-state index is 0.104. The van der Waals surface area contributed by atoms with Crippen LogP contribution in [0.4, 0.5) is 0 Å². The van der Waals surface area contributed by atoms with Gasteiger partial charge in [-0.25, -0.2) is 4.79 Å². The molecule has 0 radical (unpaired) electrons. The summed E-state index contributed by atoms with van der Waals surface area (Å²) in [7, 11) is 0. The van der Waals surface area contributed by atoms with E-state index in [0.29, 0.717) is 25.1 Å². The minimum atomic E-state index is -0.695. The van der Waals surface area contributed by atoms with Crippen molar-refractivity contribution in [2.24, 2.45) is 5.92 Å². The standard InChI is InChI=1S/C22H24N6O6/c1-3-27-19(29)16(24-28(22(27)32)15-10-6-5-7-11-15)17-23-18(34-25-17)20(30)26-12-8-9-14(13-26)21(31)33-4-2/h5-7,10-11,14H,3-4,8-9,12-13H2,1-2H3/t14-/m1/s1. The summed E-state index contributed by atoms with van der Waals surface area (Å²) in [6, 6.07) is 8.60. The van der Waals surface area contributed by atoms with E-state index in [2.05, 4.69) is 15.2 Å². The molecule has 3 heterocycles. The zero-order valence-corrected chi connectivity index (χ0v) is 18.8. The van der Waals surface area contributed by atoms with Gasteiger partial charge in [-0.15, -0.1) is 0 Å². The number of ether oxygens (including phenoxy) is 1. The van der Waals surface area contributed by atoms with Crippen LogP contribution in [0.3, 0.4) is 0 Å². The smallest absolute Gasteiger partial charge is 0.352 e. The van der Waals surface area contributed by atoms with Gasteiger partial charge in [0.2, 0.25) is 5.82 Å². The molecule has 0 bridgehead atoms. The van der Waals surface area contributed by atoms with Crippen molar-refractivity contribution in [2.45, 2.75) is 33.2 Å². The van der Waals surface area contributed by atoms with E-state index >= 15 is 0 Å². The van der Waals surface area contributed by atoms with Gasteiger partial charge in [0, 0.05) is 19.6 Å². The number of amides is 1. The number of esters is 1. The third kappa shape index (κ3) is 4.38. The second-order valence-electron chi connectivity index (χ2n) is 7.69. The van der Waals surface area contributed by atoms with Crippen molar-refractivity contribution in [3.05, 3.63) is 57.1 Å². The van der Waals surface area contributed by atoms with E-state index in [1.807, 2.05) is 0 Å². The highest BCUT2D eigenvalue weighted by Gasteiger charge is 2.32. The van der Waals surface area contributed by atoms with Crippen molar-refractivity contribution >= 4 is 11.9 Å². The Labute approximate surface area is 193 Å². The molecule has 0 saturated carbocycles. The number of carbonyl (C=O) groups excluding carboxylic acids is 2. The van der Waals surface area contributed by atoms with Gasteiger partial charge in [-0.1, -0.05) is 23.4 Å². The number of piperidine rings is 1. The minimum Gasteiger partial charge on any atom is -0.466 e. The molecule has 1 atom stereocenters. The van der Waals surface area contributed by atoms with Gasteiger partial charge in [0.15, 0.2) is 5.69 Å². The molecule has 4 rings (SSSR count). The number of aromatic nitrogens is 5. The maximum Gasteiger partial charge on any atom is 0.352 e. The fourth-order valence-electron chi connectivity index (χ4n) is 3.83. The maximum atomic E-state index is 12.9. The van der Waals surface area contributed by atoms with Crippen molar-refractivity contribution in [2.75, 3.05) is 19.7 Å². The zero-order chi connectivity index (χ0) is 24.2. The van der Waals surface area contributed by atoms with Crippen LogP contribution in [0.1, 0.15) is 37.4 Å². The summed E-state index contributed by atoms with van der Waals surface area (Å²) in [6.07, 6.45) is 1.25. The van der Waals surface area contributed by atoms with Crippen LogP contribution >= 0.6 is 0 Å².